The van der Waals surface area contributed by atoms with Crippen molar-refractivity contribution in [2.75, 3.05) is 17.7 Å². The van der Waals surface area contributed by atoms with Crippen molar-refractivity contribution >= 4 is 34.0 Å². The lowest BCUT2D eigenvalue weighted by atomic mass is 9.96. The normalized spacial score (nSPS) is 11.2. The lowest BCUT2D eigenvalue weighted by Gasteiger charge is -2.15. The van der Waals surface area contributed by atoms with Gasteiger partial charge in [-0.1, -0.05) is 62.4 Å². The van der Waals surface area contributed by atoms with E-state index in [1.54, 1.807) is 42.1 Å². The standard InChI is InChI=1S/C27H29N5O3S/c1-17-23(36-26(28-17)30-25(34)27(2,3)4)22-15-21(31-32(22)16-18-9-7-6-8-10-18)24(33)29-19-11-13-20(35-5)14-12-19/h6-15H,16H2,1-5H3,(H,29,33)(H,28,30,34). The first-order chi connectivity index (χ1) is 17.1. The molecule has 2 aromatic heterocycles. The van der Waals surface area contributed by atoms with Crippen LogP contribution in [0.2, 0.25) is 0 Å². The molecule has 2 amide bonds. The maximum atomic E-state index is 13.1. The van der Waals surface area contributed by atoms with E-state index in [0.717, 1.165) is 21.8 Å². The Morgan fingerprint density at radius 2 is 1.72 bits per heavy atom. The average Bonchev–Trinajstić information content (AvgIpc) is 3.42. The number of benzene rings is 2. The van der Waals surface area contributed by atoms with Crippen LogP contribution in [-0.2, 0) is 11.3 Å². The summed E-state index contributed by atoms with van der Waals surface area (Å²) in [6, 6.07) is 18.8. The summed E-state index contributed by atoms with van der Waals surface area (Å²) in [7, 11) is 1.59. The zero-order chi connectivity index (χ0) is 25.9. The molecule has 0 aliphatic carbocycles. The third-order valence-corrected chi connectivity index (χ3v) is 6.56. The second kappa shape index (κ2) is 10.3. The lowest BCUT2D eigenvalue weighted by molar-refractivity contribution is -0.123. The Labute approximate surface area is 214 Å². The molecule has 2 N–H and O–H groups in total. The van der Waals surface area contributed by atoms with Crippen LogP contribution in [0.25, 0.3) is 10.6 Å². The molecule has 8 nitrogen and oxygen atoms in total. The molecule has 0 saturated heterocycles. The first-order valence-corrected chi connectivity index (χ1v) is 12.3. The summed E-state index contributed by atoms with van der Waals surface area (Å²) in [5, 5.41) is 10.9. The van der Waals surface area contributed by atoms with Crippen LogP contribution in [0.15, 0.2) is 60.7 Å². The fourth-order valence-electron chi connectivity index (χ4n) is 3.43. The van der Waals surface area contributed by atoms with Gasteiger partial charge in [0.05, 0.1) is 29.9 Å². The highest BCUT2D eigenvalue weighted by Gasteiger charge is 2.24. The quantitative estimate of drug-likeness (QED) is 0.342. The zero-order valence-electron chi connectivity index (χ0n) is 21.0. The van der Waals surface area contributed by atoms with Gasteiger partial charge in [-0.25, -0.2) is 4.98 Å². The summed E-state index contributed by atoms with van der Waals surface area (Å²) in [6.07, 6.45) is 0. The number of aryl methyl sites for hydroxylation is 1. The minimum absolute atomic E-state index is 0.111. The van der Waals surface area contributed by atoms with E-state index in [-0.39, 0.29) is 17.5 Å². The molecule has 0 saturated carbocycles. The molecule has 2 aromatic carbocycles. The van der Waals surface area contributed by atoms with Crippen molar-refractivity contribution < 1.29 is 14.3 Å². The van der Waals surface area contributed by atoms with Crippen LogP contribution in [-0.4, -0.2) is 33.7 Å². The largest absolute Gasteiger partial charge is 0.497 e. The van der Waals surface area contributed by atoms with E-state index in [1.807, 2.05) is 58.0 Å². The monoisotopic (exact) mass is 503 g/mol. The van der Waals surface area contributed by atoms with Crippen molar-refractivity contribution in [1.29, 1.82) is 0 Å². The van der Waals surface area contributed by atoms with E-state index < -0.39 is 5.41 Å². The van der Waals surface area contributed by atoms with Gasteiger partial charge in [-0.05, 0) is 42.8 Å². The minimum atomic E-state index is -0.540. The highest BCUT2D eigenvalue weighted by Crippen LogP contribution is 2.34. The number of nitrogens with zero attached hydrogens (tertiary/aromatic N) is 3. The van der Waals surface area contributed by atoms with Crippen LogP contribution in [0.3, 0.4) is 0 Å². The van der Waals surface area contributed by atoms with Crippen LogP contribution in [0.4, 0.5) is 10.8 Å². The van der Waals surface area contributed by atoms with Crippen molar-refractivity contribution in [3.8, 4) is 16.3 Å². The van der Waals surface area contributed by atoms with Gasteiger partial charge in [-0.15, -0.1) is 0 Å². The number of hydrogen-bond donors (Lipinski definition) is 2. The van der Waals surface area contributed by atoms with Crippen LogP contribution in [0, 0.1) is 12.3 Å². The molecule has 0 unspecified atom stereocenters. The fraction of sp³-hybridized carbons (Fsp3) is 0.259. The number of carbonyl (C=O) groups excluding carboxylic acids is 2. The van der Waals surface area contributed by atoms with Crippen molar-refractivity contribution in [2.24, 2.45) is 5.41 Å². The molecule has 2 heterocycles. The second-order valence-electron chi connectivity index (χ2n) is 9.38. The SMILES string of the molecule is COc1ccc(NC(=O)c2cc(-c3sc(NC(=O)C(C)(C)C)nc3C)n(Cc3ccccc3)n2)cc1. The number of thiazole rings is 1. The van der Waals surface area contributed by atoms with Gasteiger partial charge in [-0.3, -0.25) is 14.3 Å². The summed E-state index contributed by atoms with van der Waals surface area (Å²) >= 11 is 1.37. The highest BCUT2D eigenvalue weighted by molar-refractivity contribution is 7.19. The predicted octanol–water partition coefficient (Wildman–Crippen LogP) is 5.61. The van der Waals surface area contributed by atoms with Crippen molar-refractivity contribution in [3.63, 3.8) is 0 Å². The summed E-state index contributed by atoms with van der Waals surface area (Å²) in [5.41, 5.74) is 2.94. The Morgan fingerprint density at radius 3 is 2.36 bits per heavy atom. The van der Waals surface area contributed by atoms with E-state index in [1.165, 1.54) is 11.3 Å². The fourth-order valence-corrected chi connectivity index (χ4v) is 4.41. The van der Waals surface area contributed by atoms with Crippen molar-refractivity contribution in [1.82, 2.24) is 14.8 Å². The molecule has 4 aromatic rings. The Kier molecular flexibility index (Phi) is 7.21. The number of carbonyl (C=O) groups is 2. The Morgan fingerprint density at radius 1 is 1.03 bits per heavy atom. The summed E-state index contributed by atoms with van der Waals surface area (Å²) in [4.78, 5) is 31.0. The Hall–Kier alpha value is -3.98. The van der Waals surface area contributed by atoms with Gasteiger partial charge in [0.15, 0.2) is 10.8 Å². The number of nitrogens with one attached hydrogen (secondary N) is 2. The first-order valence-electron chi connectivity index (χ1n) is 11.5. The maximum absolute atomic E-state index is 13.1. The number of amides is 2. The maximum Gasteiger partial charge on any atom is 0.276 e. The minimum Gasteiger partial charge on any atom is -0.497 e. The number of methoxy groups -OCH3 is 1. The molecule has 0 fully saturated rings. The summed E-state index contributed by atoms with van der Waals surface area (Å²) < 4.78 is 6.98. The van der Waals surface area contributed by atoms with Crippen LogP contribution < -0.4 is 15.4 Å². The summed E-state index contributed by atoms with van der Waals surface area (Å²) in [6.45, 7) is 7.92. The third kappa shape index (κ3) is 5.80. The molecule has 0 aliphatic rings. The Bertz CT molecular complexity index is 1370. The third-order valence-electron chi connectivity index (χ3n) is 5.47. The molecule has 0 bridgehead atoms. The number of rotatable bonds is 7. The molecular weight excluding hydrogens is 474 g/mol. The molecule has 0 spiro atoms. The molecule has 4 rings (SSSR count). The van der Waals surface area contributed by atoms with E-state index in [0.29, 0.717) is 23.1 Å². The number of ether oxygens (including phenoxy) is 1. The van der Waals surface area contributed by atoms with E-state index in [4.69, 9.17) is 4.74 Å². The molecule has 36 heavy (non-hydrogen) atoms. The van der Waals surface area contributed by atoms with Gasteiger partial charge in [0.2, 0.25) is 5.91 Å². The van der Waals surface area contributed by atoms with Gasteiger partial charge >= 0.3 is 0 Å². The average molecular weight is 504 g/mol. The van der Waals surface area contributed by atoms with E-state index in [9.17, 15) is 9.59 Å². The van der Waals surface area contributed by atoms with Gasteiger partial charge in [0, 0.05) is 11.1 Å². The van der Waals surface area contributed by atoms with Gasteiger partial charge in [0.25, 0.3) is 5.91 Å². The molecule has 186 valence electrons. The molecule has 0 radical (unpaired) electrons. The second-order valence-corrected chi connectivity index (χ2v) is 10.4. The number of aromatic nitrogens is 3. The molecular formula is C27H29N5O3S. The summed E-state index contributed by atoms with van der Waals surface area (Å²) in [5.74, 6) is 0.272. The lowest BCUT2D eigenvalue weighted by Crippen LogP contribution is -2.27. The molecule has 9 heteroatoms. The van der Waals surface area contributed by atoms with Crippen LogP contribution in [0.1, 0.15) is 42.5 Å². The predicted molar refractivity (Wildman–Crippen MR) is 143 cm³/mol. The van der Waals surface area contributed by atoms with Gasteiger partial charge in [0.1, 0.15) is 5.75 Å². The van der Waals surface area contributed by atoms with Gasteiger partial charge < -0.3 is 15.4 Å². The molecule has 0 atom stereocenters. The smallest absolute Gasteiger partial charge is 0.276 e. The Balaban J connectivity index is 1.67. The van der Waals surface area contributed by atoms with E-state index in [2.05, 4.69) is 20.7 Å². The van der Waals surface area contributed by atoms with Crippen LogP contribution in [0.5, 0.6) is 5.75 Å². The number of hydrogen-bond acceptors (Lipinski definition) is 6. The first kappa shape index (κ1) is 25.1. The zero-order valence-corrected chi connectivity index (χ0v) is 21.8. The van der Waals surface area contributed by atoms with E-state index >= 15 is 0 Å². The van der Waals surface area contributed by atoms with Crippen LogP contribution >= 0.6 is 11.3 Å². The molecule has 0 aliphatic heterocycles. The van der Waals surface area contributed by atoms with Crippen molar-refractivity contribution in [2.45, 2.75) is 34.2 Å². The van der Waals surface area contributed by atoms with Gasteiger partial charge in [-0.2, -0.15) is 5.10 Å². The van der Waals surface area contributed by atoms with Crippen molar-refractivity contribution in [3.05, 3.63) is 77.6 Å². The topological polar surface area (TPSA) is 98.1 Å². The number of anilines is 2. The highest BCUT2D eigenvalue weighted by atomic mass is 32.1.